The Bertz CT molecular complexity index is 553. The molecule has 1 unspecified atom stereocenters. The standard InChI is InChI=1S/C13H22N2O4S/c1-4-14-8-12-7-13(10(2)19-12)20(16,17)15-6-5-11(9-15)18-3/h7,11,14H,4-6,8-9H2,1-3H3. The first-order chi connectivity index (χ1) is 9.48. The predicted octanol–water partition coefficient (Wildman–Crippen LogP) is 1.11. The van der Waals surface area contributed by atoms with Gasteiger partial charge in [0.25, 0.3) is 0 Å². The third-order valence-corrected chi connectivity index (χ3v) is 5.50. The average molecular weight is 302 g/mol. The highest BCUT2D eigenvalue weighted by molar-refractivity contribution is 7.89. The highest BCUT2D eigenvalue weighted by Gasteiger charge is 2.34. The first-order valence-corrected chi connectivity index (χ1v) is 8.26. The molecule has 1 aliphatic rings. The molecule has 0 saturated carbocycles. The summed E-state index contributed by atoms with van der Waals surface area (Å²) in [4.78, 5) is 0.266. The van der Waals surface area contributed by atoms with E-state index in [1.54, 1.807) is 20.1 Å². The number of sulfonamides is 1. The van der Waals surface area contributed by atoms with E-state index in [9.17, 15) is 8.42 Å². The second-order valence-corrected chi connectivity index (χ2v) is 6.83. The van der Waals surface area contributed by atoms with Crippen molar-refractivity contribution in [2.75, 3.05) is 26.7 Å². The first-order valence-electron chi connectivity index (χ1n) is 6.82. The van der Waals surface area contributed by atoms with Gasteiger partial charge < -0.3 is 14.5 Å². The maximum absolute atomic E-state index is 12.6. The second kappa shape index (κ2) is 6.26. The van der Waals surface area contributed by atoms with Crippen LogP contribution in [0.3, 0.4) is 0 Å². The molecular formula is C13H22N2O4S. The van der Waals surface area contributed by atoms with E-state index in [-0.39, 0.29) is 11.0 Å². The predicted molar refractivity (Wildman–Crippen MR) is 75.0 cm³/mol. The molecule has 6 nitrogen and oxygen atoms in total. The summed E-state index contributed by atoms with van der Waals surface area (Å²) in [6.45, 7) is 5.92. The van der Waals surface area contributed by atoms with E-state index in [1.807, 2.05) is 6.92 Å². The maximum Gasteiger partial charge on any atom is 0.246 e. The molecule has 0 aromatic carbocycles. The minimum Gasteiger partial charge on any atom is -0.464 e. The van der Waals surface area contributed by atoms with Crippen molar-refractivity contribution in [2.24, 2.45) is 0 Å². The van der Waals surface area contributed by atoms with Crippen LogP contribution < -0.4 is 5.32 Å². The van der Waals surface area contributed by atoms with Crippen LogP contribution in [0.1, 0.15) is 24.9 Å². The molecular weight excluding hydrogens is 280 g/mol. The number of aryl methyl sites for hydroxylation is 1. The monoisotopic (exact) mass is 302 g/mol. The molecule has 1 fully saturated rings. The van der Waals surface area contributed by atoms with Gasteiger partial charge in [0, 0.05) is 26.3 Å². The smallest absolute Gasteiger partial charge is 0.246 e. The molecule has 0 bridgehead atoms. The number of hydrogen-bond acceptors (Lipinski definition) is 5. The largest absolute Gasteiger partial charge is 0.464 e. The molecule has 1 N–H and O–H groups in total. The summed E-state index contributed by atoms with van der Waals surface area (Å²) in [6, 6.07) is 1.62. The van der Waals surface area contributed by atoms with Gasteiger partial charge in [-0.2, -0.15) is 4.31 Å². The third-order valence-electron chi connectivity index (χ3n) is 3.53. The van der Waals surface area contributed by atoms with Gasteiger partial charge in [-0.1, -0.05) is 6.92 Å². The average Bonchev–Trinajstić information content (AvgIpc) is 3.03. The van der Waals surface area contributed by atoms with Crippen LogP contribution in [-0.4, -0.2) is 45.6 Å². The van der Waals surface area contributed by atoms with Crippen LogP contribution >= 0.6 is 0 Å². The molecule has 1 aliphatic heterocycles. The minimum atomic E-state index is -3.48. The normalized spacial score (nSPS) is 20.6. The van der Waals surface area contributed by atoms with Gasteiger partial charge in [0.2, 0.25) is 10.0 Å². The van der Waals surface area contributed by atoms with Crippen molar-refractivity contribution in [2.45, 2.75) is 37.8 Å². The Morgan fingerprint density at radius 1 is 1.55 bits per heavy atom. The van der Waals surface area contributed by atoms with E-state index in [0.717, 1.165) is 13.0 Å². The first kappa shape index (κ1) is 15.5. The molecule has 20 heavy (non-hydrogen) atoms. The lowest BCUT2D eigenvalue weighted by atomic mass is 10.3. The van der Waals surface area contributed by atoms with Gasteiger partial charge in [-0.3, -0.25) is 0 Å². The Kier molecular flexibility index (Phi) is 4.85. The van der Waals surface area contributed by atoms with Gasteiger partial charge in [0.1, 0.15) is 16.4 Å². The molecule has 0 spiro atoms. The van der Waals surface area contributed by atoms with Crippen molar-refractivity contribution in [3.05, 3.63) is 17.6 Å². The van der Waals surface area contributed by atoms with Gasteiger partial charge >= 0.3 is 0 Å². The number of rotatable bonds is 6. The Hall–Kier alpha value is -0.890. The van der Waals surface area contributed by atoms with Gasteiger partial charge in [0.15, 0.2) is 0 Å². The zero-order chi connectivity index (χ0) is 14.8. The van der Waals surface area contributed by atoms with Gasteiger partial charge in [-0.15, -0.1) is 0 Å². The van der Waals surface area contributed by atoms with Crippen LogP contribution in [-0.2, 0) is 21.3 Å². The lowest BCUT2D eigenvalue weighted by molar-refractivity contribution is 0.115. The summed E-state index contributed by atoms with van der Waals surface area (Å²) < 4.78 is 37.4. The van der Waals surface area contributed by atoms with E-state index in [4.69, 9.17) is 9.15 Å². The molecule has 7 heteroatoms. The van der Waals surface area contributed by atoms with Crippen LogP contribution in [0.15, 0.2) is 15.4 Å². The molecule has 114 valence electrons. The zero-order valence-electron chi connectivity index (χ0n) is 12.2. The number of hydrogen-bond donors (Lipinski definition) is 1. The van der Waals surface area contributed by atoms with E-state index in [0.29, 0.717) is 31.2 Å². The van der Waals surface area contributed by atoms with Gasteiger partial charge in [-0.05, 0) is 19.9 Å². The van der Waals surface area contributed by atoms with Gasteiger partial charge in [0.05, 0.1) is 12.6 Å². The van der Waals surface area contributed by atoms with E-state index in [2.05, 4.69) is 5.32 Å². The quantitative estimate of drug-likeness (QED) is 0.852. The van der Waals surface area contributed by atoms with Crippen molar-refractivity contribution < 1.29 is 17.6 Å². The summed E-state index contributed by atoms with van der Waals surface area (Å²) in [7, 11) is -1.88. The molecule has 1 aromatic heterocycles. The molecule has 1 atom stereocenters. The lowest BCUT2D eigenvalue weighted by Crippen LogP contribution is -2.30. The SMILES string of the molecule is CCNCc1cc(S(=O)(=O)N2CCC(OC)C2)c(C)o1. The van der Waals surface area contributed by atoms with Crippen molar-refractivity contribution in [1.29, 1.82) is 0 Å². The van der Waals surface area contributed by atoms with Crippen LogP contribution in [0.4, 0.5) is 0 Å². The summed E-state index contributed by atoms with van der Waals surface area (Å²) in [5, 5.41) is 3.12. The number of nitrogens with zero attached hydrogens (tertiary/aromatic N) is 1. The van der Waals surface area contributed by atoms with Crippen LogP contribution in [0, 0.1) is 6.92 Å². The molecule has 0 aliphatic carbocycles. The fourth-order valence-corrected chi connectivity index (χ4v) is 4.03. The summed E-state index contributed by atoms with van der Waals surface area (Å²) in [6.07, 6.45) is 0.717. The Labute approximate surface area is 120 Å². The van der Waals surface area contributed by atoms with Gasteiger partial charge in [-0.25, -0.2) is 8.42 Å². The summed E-state index contributed by atoms with van der Waals surface area (Å²) in [5.74, 6) is 1.09. The van der Waals surface area contributed by atoms with E-state index >= 15 is 0 Å². The fourth-order valence-electron chi connectivity index (χ4n) is 2.36. The fraction of sp³-hybridized carbons (Fsp3) is 0.692. The number of ether oxygens (including phenoxy) is 1. The topological polar surface area (TPSA) is 71.8 Å². The van der Waals surface area contributed by atoms with E-state index < -0.39 is 10.0 Å². The summed E-state index contributed by atoms with van der Waals surface area (Å²) >= 11 is 0. The molecule has 0 amide bonds. The summed E-state index contributed by atoms with van der Waals surface area (Å²) in [5.41, 5.74) is 0. The second-order valence-electron chi connectivity index (χ2n) is 4.92. The number of furan rings is 1. The minimum absolute atomic E-state index is 0.0155. The van der Waals surface area contributed by atoms with Crippen LogP contribution in [0.2, 0.25) is 0 Å². The lowest BCUT2D eigenvalue weighted by Gasteiger charge is -2.15. The van der Waals surface area contributed by atoms with Crippen molar-refractivity contribution in [3.8, 4) is 0 Å². The molecule has 1 aromatic rings. The number of nitrogens with one attached hydrogen (secondary N) is 1. The zero-order valence-corrected chi connectivity index (χ0v) is 13.0. The van der Waals surface area contributed by atoms with Crippen molar-refractivity contribution >= 4 is 10.0 Å². The Morgan fingerprint density at radius 3 is 2.90 bits per heavy atom. The van der Waals surface area contributed by atoms with Crippen molar-refractivity contribution in [1.82, 2.24) is 9.62 Å². The molecule has 2 heterocycles. The molecule has 2 rings (SSSR count). The van der Waals surface area contributed by atoms with E-state index in [1.165, 1.54) is 4.31 Å². The highest BCUT2D eigenvalue weighted by Crippen LogP contribution is 2.27. The van der Waals surface area contributed by atoms with Crippen LogP contribution in [0.25, 0.3) is 0 Å². The molecule has 1 saturated heterocycles. The highest BCUT2D eigenvalue weighted by atomic mass is 32.2. The maximum atomic E-state index is 12.6. The van der Waals surface area contributed by atoms with Crippen LogP contribution in [0.5, 0.6) is 0 Å². The third kappa shape index (κ3) is 3.06. The Balaban J connectivity index is 2.19. The van der Waals surface area contributed by atoms with Crippen molar-refractivity contribution in [3.63, 3.8) is 0 Å². The number of methoxy groups -OCH3 is 1. The Morgan fingerprint density at radius 2 is 2.30 bits per heavy atom. The molecule has 0 radical (unpaired) electrons.